The van der Waals surface area contributed by atoms with Crippen LogP contribution in [0.4, 0.5) is 0 Å². The van der Waals surface area contributed by atoms with E-state index >= 15 is 0 Å². The van der Waals surface area contributed by atoms with Crippen LogP contribution in [0.15, 0.2) is 35.5 Å². The molecule has 3 nitrogen and oxygen atoms in total. The molecule has 1 atom stereocenters. The molecule has 1 aromatic carbocycles. The molecule has 1 heterocycles. The summed E-state index contributed by atoms with van der Waals surface area (Å²) in [5.41, 5.74) is 3.86. The molecule has 0 fully saturated rings. The van der Waals surface area contributed by atoms with Crippen LogP contribution in [-0.2, 0) is 9.59 Å². The first-order valence-corrected chi connectivity index (χ1v) is 7.48. The Morgan fingerprint density at radius 1 is 1.10 bits per heavy atom. The number of hydrogen-bond acceptors (Lipinski definition) is 2. The van der Waals surface area contributed by atoms with Gasteiger partial charge in [-0.25, -0.2) is 0 Å². The van der Waals surface area contributed by atoms with Gasteiger partial charge in [-0.15, -0.1) is 0 Å². The van der Waals surface area contributed by atoms with Gasteiger partial charge in [-0.2, -0.15) is 0 Å². The van der Waals surface area contributed by atoms with Crippen LogP contribution in [0.5, 0.6) is 0 Å². The third kappa shape index (κ3) is 2.65. The van der Waals surface area contributed by atoms with Gasteiger partial charge in [0.2, 0.25) is 5.91 Å². The standard InChI is InChI=1S/C18H21NO2/c1-11-4-6-12(7-5-11)13-8-16(21)19-14-9-18(2,3)10-15(20)17(13)14/h4-7,13H,8-10H2,1-3H3,(H,19,21). The molecule has 1 aliphatic carbocycles. The van der Waals surface area contributed by atoms with E-state index in [1.807, 2.05) is 31.2 Å². The van der Waals surface area contributed by atoms with Gasteiger partial charge < -0.3 is 5.32 Å². The average Bonchev–Trinajstić information content (AvgIpc) is 2.36. The van der Waals surface area contributed by atoms with Crippen molar-refractivity contribution in [1.82, 2.24) is 5.32 Å². The maximum Gasteiger partial charge on any atom is 0.225 e. The lowest BCUT2D eigenvalue weighted by atomic mass is 9.70. The van der Waals surface area contributed by atoms with Gasteiger partial charge in [0, 0.05) is 30.0 Å². The van der Waals surface area contributed by atoms with Crippen molar-refractivity contribution in [2.24, 2.45) is 5.41 Å². The molecule has 110 valence electrons. The summed E-state index contributed by atoms with van der Waals surface area (Å²) in [7, 11) is 0. The summed E-state index contributed by atoms with van der Waals surface area (Å²) < 4.78 is 0. The molecule has 0 saturated carbocycles. The third-order valence-corrected chi connectivity index (χ3v) is 4.43. The van der Waals surface area contributed by atoms with Crippen molar-refractivity contribution >= 4 is 11.7 Å². The number of ketones is 1. The number of aryl methyl sites for hydroxylation is 1. The number of Topliss-reactive ketones (excluding diaryl/α,β-unsaturated/α-hetero) is 1. The molecule has 3 heteroatoms. The number of nitrogens with one attached hydrogen (secondary N) is 1. The first-order chi connectivity index (χ1) is 9.85. The zero-order chi connectivity index (χ0) is 15.2. The summed E-state index contributed by atoms with van der Waals surface area (Å²) in [6.45, 7) is 6.20. The van der Waals surface area contributed by atoms with E-state index in [9.17, 15) is 9.59 Å². The molecule has 2 aliphatic rings. The molecule has 0 saturated heterocycles. The number of amides is 1. The molecule has 1 amide bonds. The number of carbonyl (C=O) groups is 2. The number of carbonyl (C=O) groups excluding carboxylic acids is 2. The van der Waals surface area contributed by atoms with Gasteiger partial charge in [-0.1, -0.05) is 43.7 Å². The first kappa shape index (κ1) is 14.1. The van der Waals surface area contributed by atoms with E-state index in [1.165, 1.54) is 5.56 Å². The lowest BCUT2D eigenvalue weighted by Gasteiger charge is -2.37. The van der Waals surface area contributed by atoms with E-state index in [4.69, 9.17) is 0 Å². The molecule has 1 N–H and O–H groups in total. The zero-order valence-electron chi connectivity index (χ0n) is 12.8. The largest absolute Gasteiger partial charge is 0.329 e. The van der Waals surface area contributed by atoms with E-state index in [0.717, 1.165) is 23.3 Å². The lowest BCUT2D eigenvalue weighted by Crippen LogP contribution is -2.40. The molecule has 21 heavy (non-hydrogen) atoms. The smallest absolute Gasteiger partial charge is 0.225 e. The second-order valence-corrected chi connectivity index (χ2v) is 7.05. The molecular formula is C18H21NO2. The zero-order valence-corrected chi connectivity index (χ0v) is 12.8. The number of hydrogen-bond donors (Lipinski definition) is 1. The highest BCUT2D eigenvalue weighted by atomic mass is 16.2. The molecule has 3 rings (SSSR count). The van der Waals surface area contributed by atoms with Gasteiger partial charge in [-0.05, 0) is 24.3 Å². The topological polar surface area (TPSA) is 46.2 Å². The highest BCUT2D eigenvalue weighted by Crippen LogP contribution is 2.43. The Balaban J connectivity index is 2.06. The number of allylic oxidation sites excluding steroid dienone is 2. The van der Waals surface area contributed by atoms with Crippen LogP contribution in [0.2, 0.25) is 0 Å². The van der Waals surface area contributed by atoms with Crippen molar-refractivity contribution in [2.75, 3.05) is 0 Å². The van der Waals surface area contributed by atoms with E-state index in [-0.39, 0.29) is 23.0 Å². The molecule has 0 bridgehead atoms. The van der Waals surface area contributed by atoms with Crippen molar-refractivity contribution in [3.8, 4) is 0 Å². The van der Waals surface area contributed by atoms with Crippen molar-refractivity contribution in [3.05, 3.63) is 46.7 Å². The fourth-order valence-corrected chi connectivity index (χ4v) is 3.44. The van der Waals surface area contributed by atoms with Crippen LogP contribution in [0, 0.1) is 12.3 Å². The minimum Gasteiger partial charge on any atom is -0.329 e. The maximum absolute atomic E-state index is 12.6. The van der Waals surface area contributed by atoms with Gasteiger partial charge in [0.15, 0.2) is 5.78 Å². The predicted octanol–water partition coefficient (Wildman–Crippen LogP) is 3.24. The molecular weight excluding hydrogens is 262 g/mol. The van der Waals surface area contributed by atoms with Crippen LogP contribution < -0.4 is 5.32 Å². The molecule has 0 radical (unpaired) electrons. The third-order valence-electron chi connectivity index (χ3n) is 4.43. The minimum atomic E-state index is -0.0852. The summed E-state index contributed by atoms with van der Waals surface area (Å²) in [6, 6.07) is 8.16. The maximum atomic E-state index is 12.6. The SMILES string of the molecule is Cc1ccc(C2CC(=O)NC3=C2C(=O)CC(C)(C)C3)cc1. The van der Waals surface area contributed by atoms with Gasteiger partial charge in [0.1, 0.15) is 0 Å². The fourth-order valence-electron chi connectivity index (χ4n) is 3.44. The van der Waals surface area contributed by atoms with Crippen molar-refractivity contribution in [1.29, 1.82) is 0 Å². The fraction of sp³-hybridized carbons (Fsp3) is 0.444. The van der Waals surface area contributed by atoms with E-state index in [0.29, 0.717) is 12.8 Å². The van der Waals surface area contributed by atoms with E-state index in [1.54, 1.807) is 0 Å². The highest BCUT2D eigenvalue weighted by Gasteiger charge is 2.40. The van der Waals surface area contributed by atoms with E-state index < -0.39 is 0 Å². The van der Waals surface area contributed by atoms with E-state index in [2.05, 4.69) is 19.2 Å². The summed E-state index contributed by atoms with van der Waals surface area (Å²) in [5, 5.41) is 2.94. The Kier molecular flexibility index (Phi) is 3.23. The van der Waals surface area contributed by atoms with Crippen molar-refractivity contribution in [2.45, 2.75) is 46.0 Å². The lowest BCUT2D eigenvalue weighted by molar-refractivity contribution is -0.122. The van der Waals surface area contributed by atoms with Crippen LogP contribution in [0.1, 0.15) is 50.2 Å². The molecule has 0 aromatic heterocycles. The quantitative estimate of drug-likeness (QED) is 0.860. The highest BCUT2D eigenvalue weighted by molar-refractivity contribution is 6.02. The van der Waals surface area contributed by atoms with Gasteiger partial charge in [0.25, 0.3) is 0 Å². The van der Waals surface area contributed by atoms with Gasteiger partial charge in [-0.3, -0.25) is 9.59 Å². The second kappa shape index (κ2) is 4.83. The Morgan fingerprint density at radius 3 is 2.43 bits per heavy atom. The summed E-state index contributed by atoms with van der Waals surface area (Å²) in [5.74, 6) is 0.120. The Bertz CT molecular complexity index is 638. The van der Waals surface area contributed by atoms with Crippen LogP contribution in [0.3, 0.4) is 0 Å². The van der Waals surface area contributed by atoms with Crippen LogP contribution in [-0.4, -0.2) is 11.7 Å². The molecule has 0 spiro atoms. The molecule has 1 aromatic rings. The number of rotatable bonds is 1. The van der Waals surface area contributed by atoms with Crippen LogP contribution >= 0.6 is 0 Å². The van der Waals surface area contributed by atoms with Gasteiger partial charge >= 0.3 is 0 Å². The Hall–Kier alpha value is -1.90. The monoisotopic (exact) mass is 283 g/mol. The first-order valence-electron chi connectivity index (χ1n) is 7.48. The molecule has 1 aliphatic heterocycles. The van der Waals surface area contributed by atoms with Crippen LogP contribution in [0.25, 0.3) is 0 Å². The second-order valence-electron chi connectivity index (χ2n) is 7.05. The van der Waals surface area contributed by atoms with Crippen molar-refractivity contribution in [3.63, 3.8) is 0 Å². The number of benzene rings is 1. The average molecular weight is 283 g/mol. The van der Waals surface area contributed by atoms with Crippen molar-refractivity contribution < 1.29 is 9.59 Å². The summed E-state index contributed by atoms with van der Waals surface area (Å²) >= 11 is 0. The summed E-state index contributed by atoms with van der Waals surface area (Å²) in [4.78, 5) is 24.6. The molecule has 1 unspecified atom stereocenters. The Morgan fingerprint density at radius 2 is 1.76 bits per heavy atom. The predicted molar refractivity (Wildman–Crippen MR) is 81.7 cm³/mol. The van der Waals surface area contributed by atoms with Gasteiger partial charge in [0.05, 0.1) is 0 Å². The normalized spacial score (nSPS) is 24.6. The minimum absolute atomic E-state index is 0.0184. The summed E-state index contributed by atoms with van der Waals surface area (Å²) in [6.07, 6.45) is 1.69. The Labute approximate surface area is 125 Å².